The van der Waals surface area contributed by atoms with Crippen molar-refractivity contribution < 1.29 is 8.78 Å². The van der Waals surface area contributed by atoms with E-state index in [1.54, 1.807) is 0 Å². The van der Waals surface area contributed by atoms with Gasteiger partial charge in [0, 0.05) is 6.04 Å². The minimum absolute atomic E-state index is 0.00963. The highest BCUT2D eigenvalue weighted by molar-refractivity contribution is 6.11. The average Bonchev–Trinajstić information content (AvgIpc) is 2.52. The predicted octanol–water partition coefficient (Wildman–Crippen LogP) is 3.82. The number of rotatable bonds is 2. The third-order valence-electron chi connectivity index (χ3n) is 7.04. The topological polar surface area (TPSA) is 26.0 Å². The molecule has 3 fully saturated rings. The molecule has 3 aliphatic rings. The van der Waals surface area contributed by atoms with Crippen molar-refractivity contribution in [3.8, 4) is 0 Å². The Bertz CT molecular complexity index is 317. The lowest BCUT2D eigenvalue weighted by molar-refractivity contribution is -0.0329. The molecule has 0 amide bonds. The Morgan fingerprint density at radius 3 is 1.50 bits per heavy atom. The molecule has 0 spiro atoms. The van der Waals surface area contributed by atoms with Crippen LogP contribution < -0.4 is 5.73 Å². The first-order chi connectivity index (χ1) is 10.6. The fourth-order valence-electron chi connectivity index (χ4n) is 5.45. The van der Waals surface area contributed by atoms with Crippen molar-refractivity contribution in [3.05, 3.63) is 0 Å². The fraction of sp³-hybridized carbons (Fsp3) is 1.00. The first kappa shape index (κ1) is 16.7. The Hall–Kier alpha value is -0.115. The standard InChI is InChI=1S/C18H32BF2N/c19-13-5-1-11(2-6-13)15-9-10-16(18(21)17(15)20)12-3-7-14(22)8-4-12/h11-18H,1-10,19,22H2. The van der Waals surface area contributed by atoms with Gasteiger partial charge in [-0.3, -0.25) is 0 Å². The van der Waals surface area contributed by atoms with Crippen LogP contribution in [0, 0.1) is 23.7 Å². The van der Waals surface area contributed by atoms with Crippen LogP contribution >= 0.6 is 0 Å². The van der Waals surface area contributed by atoms with E-state index < -0.39 is 12.3 Å². The molecule has 3 saturated carbocycles. The van der Waals surface area contributed by atoms with E-state index in [2.05, 4.69) is 7.85 Å². The molecule has 3 rings (SSSR count). The SMILES string of the molecule is BC1CCC(C2CCC(C3CCC(N)CC3)C(F)C2F)CC1. The lowest BCUT2D eigenvalue weighted by Gasteiger charge is -2.44. The van der Waals surface area contributed by atoms with Crippen LogP contribution in [-0.4, -0.2) is 26.2 Å². The molecule has 0 aromatic rings. The van der Waals surface area contributed by atoms with E-state index in [-0.39, 0.29) is 17.9 Å². The van der Waals surface area contributed by atoms with E-state index in [1.807, 2.05) is 0 Å². The second kappa shape index (κ2) is 7.19. The summed E-state index contributed by atoms with van der Waals surface area (Å²) < 4.78 is 29.6. The molecule has 22 heavy (non-hydrogen) atoms. The lowest BCUT2D eigenvalue weighted by Crippen LogP contribution is -2.45. The van der Waals surface area contributed by atoms with Crippen LogP contribution in [0.25, 0.3) is 0 Å². The van der Waals surface area contributed by atoms with E-state index in [1.165, 1.54) is 12.8 Å². The third kappa shape index (κ3) is 3.52. The van der Waals surface area contributed by atoms with Gasteiger partial charge in [-0.2, -0.15) is 0 Å². The average molecular weight is 311 g/mol. The van der Waals surface area contributed by atoms with Gasteiger partial charge in [0.1, 0.15) is 20.2 Å². The van der Waals surface area contributed by atoms with Crippen molar-refractivity contribution in [3.63, 3.8) is 0 Å². The summed E-state index contributed by atoms with van der Waals surface area (Å²) in [4.78, 5) is 0. The summed E-state index contributed by atoms with van der Waals surface area (Å²) in [6, 6.07) is 0.288. The molecule has 1 nitrogen and oxygen atoms in total. The molecule has 0 aromatic carbocycles. The molecule has 0 saturated heterocycles. The van der Waals surface area contributed by atoms with Crippen LogP contribution in [0.3, 0.4) is 0 Å². The Labute approximate surface area is 135 Å². The molecule has 4 atom stereocenters. The van der Waals surface area contributed by atoms with Gasteiger partial charge in [0.05, 0.1) is 0 Å². The van der Waals surface area contributed by atoms with Crippen LogP contribution in [-0.2, 0) is 0 Å². The zero-order chi connectivity index (χ0) is 15.7. The minimum atomic E-state index is -1.22. The van der Waals surface area contributed by atoms with Crippen LogP contribution in [0.4, 0.5) is 8.78 Å². The largest absolute Gasteiger partial charge is 0.328 e. The highest BCUT2D eigenvalue weighted by atomic mass is 19.2. The van der Waals surface area contributed by atoms with Gasteiger partial charge < -0.3 is 5.73 Å². The van der Waals surface area contributed by atoms with E-state index in [9.17, 15) is 8.78 Å². The van der Waals surface area contributed by atoms with Crippen molar-refractivity contribution in [2.24, 2.45) is 29.4 Å². The van der Waals surface area contributed by atoms with Gasteiger partial charge in [-0.25, -0.2) is 8.78 Å². The van der Waals surface area contributed by atoms with Crippen LogP contribution in [0.2, 0.25) is 5.82 Å². The third-order valence-corrected chi connectivity index (χ3v) is 7.04. The van der Waals surface area contributed by atoms with E-state index in [0.717, 1.165) is 57.2 Å². The van der Waals surface area contributed by atoms with Gasteiger partial charge in [0.2, 0.25) is 0 Å². The van der Waals surface area contributed by atoms with Crippen molar-refractivity contribution in [1.29, 1.82) is 0 Å². The summed E-state index contributed by atoms with van der Waals surface area (Å²) in [5, 5.41) is 0. The number of nitrogens with two attached hydrogens (primary N) is 1. The normalized spacial score (nSPS) is 50.7. The number of alkyl halides is 2. The van der Waals surface area contributed by atoms with Crippen molar-refractivity contribution in [2.75, 3.05) is 0 Å². The summed E-state index contributed by atoms with van der Waals surface area (Å²) in [6.45, 7) is 0. The van der Waals surface area contributed by atoms with Gasteiger partial charge in [0.25, 0.3) is 0 Å². The Kier molecular flexibility index (Phi) is 5.47. The smallest absolute Gasteiger partial charge is 0.134 e. The summed E-state index contributed by atoms with van der Waals surface area (Å²) >= 11 is 0. The zero-order valence-corrected chi connectivity index (χ0v) is 14.0. The predicted molar refractivity (Wildman–Crippen MR) is 90.2 cm³/mol. The van der Waals surface area contributed by atoms with E-state index in [4.69, 9.17) is 5.73 Å². The molecule has 0 heterocycles. The molecule has 0 bridgehead atoms. The van der Waals surface area contributed by atoms with Gasteiger partial charge in [0.15, 0.2) is 0 Å². The van der Waals surface area contributed by atoms with Crippen LogP contribution in [0.5, 0.6) is 0 Å². The second-order valence-corrected chi connectivity index (χ2v) is 8.49. The summed E-state index contributed by atoms with van der Waals surface area (Å²) in [5.41, 5.74) is 5.95. The number of hydrogen-bond acceptors (Lipinski definition) is 1. The zero-order valence-electron chi connectivity index (χ0n) is 14.0. The molecule has 3 aliphatic carbocycles. The van der Waals surface area contributed by atoms with Crippen molar-refractivity contribution in [1.82, 2.24) is 0 Å². The van der Waals surface area contributed by atoms with Gasteiger partial charge in [-0.15, -0.1) is 0 Å². The molecule has 0 aromatic heterocycles. The highest BCUT2D eigenvalue weighted by Gasteiger charge is 2.46. The summed E-state index contributed by atoms with van der Waals surface area (Å²) in [5.74, 6) is 1.54. The maximum Gasteiger partial charge on any atom is 0.134 e. The fourth-order valence-corrected chi connectivity index (χ4v) is 5.45. The minimum Gasteiger partial charge on any atom is -0.328 e. The molecule has 0 aliphatic heterocycles. The first-order valence-electron chi connectivity index (χ1n) is 9.60. The van der Waals surface area contributed by atoms with E-state index >= 15 is 0 Å². The number of halogens is 2. The van der Waals surface area contributed by atoms with Gasteiger partial charge in [-0.1, -0.05) is 31.5 Å². The maximum atomic E-state index is 14.8. The molecule has 126 valence electrons. The second-order valence-electron chi connectivity index (χ2n) is 8.49. The van der Waals surface area contributed by atoms with Crippen molar-refractivity contribution >= 4 is 7.85 Å². The highest BCUT2D eigenvalue weighted by Crippen LogP contribution is 2.47. The Balaban J connectivity index is 1.57. The van der Waals surface area contributed by atoms with Gasteiger partial charge in [-0.05, 0) is 62.2 Å². The first-order valence-corrected chi connectivity index (χ1v) is 9.60. The summed E-state index contributed by atoms with van der Waals surface area (Å²) in [7, 11) is 2.28. The molecule has 4 unspecified atom stereocenters. The Morgan fingerprint density at radius 2 is 1.05 bits per heavy atom. The molecular formula is C18H32BF2N. The molecular weight excluding hydrogens is 279 g/mol. The van der Waals surface area contributed by atoms with Crippen LogP contribution in [0.15, 0.2) is 0 Å². The van der Waals surface area contributed by atoms with Crippen LogP contribution in [0.1, 0.15) is 64.2 Å². The lowest BCUT2D eigenvalue weighted by atomic mass is 9.62. The molecule has 0 radical (unpaired) electrons. The van der Waals surface area contributed by atoms with Gasteiger partial charge >= 0.3 is 0 Å². The quantitative estimate of drug-likeness (QED) is 0.771. The maximum absolute atomic E-state index is 14.8. The number of hydrogen-bond donors (Lipinski definition) is 1. The Morgan fingerprint density at radius 1 is 0.636 bits per heavy atom. The monoisotopic (exact) mass is 311 g/mol. The van der Waals surface area contributed by atoms with Crippen molar-refractivity contribution in [2.45, 2.75) is 88.4 Å². The van der Waals surface area contributed by atoms with E-state index in [0.29, 0.717) is 11.8 Å². The molecule has 4 heteroatoms. The summed E-state index contributed by atoms with van der Waals surface area (Å²) in [6.07, 6.45) is 8.00. The molecule has 2 N–H and O–H groups in total.